The predicted molar refractivity (Wildman–Crippen MR) is 140 cm³/mol. The van der Waals surface area contributed by atoms with Gasteiger partial charge in [-0.3, -0.25) is 4.90 Å². The number of aryl methyl sites for hydroxylation is 1. The van der Waals surface area contributed by atoms with E-state index in [-0.39, 0.29) is 42.0 Å². The Balaban J connectivity index is 1.84. The van der Waals surface area contributed by atoms with Crippen molar-refractivity contribution in [2.75, 3.05) is 18.6 Å². The Labute approximate surface area is 222 Å². The second-order valence-electron chi connectivity index (χ2n) is 11.0. The first-order valence-corrected chi connectivity index (χ1v) is 14.0. The maximum atomic E-state index is 14.3. The molecule has 1 amide bonds. The molecule has 38 heavy (non-hydrogen) atoms. The van der Waals surface area contributed by atoms with Crippen molar-refractivity contribution in [1.82, 2.24) is 4.31 Å². The Morgan fingerprint density at radius 2 is 1.68 bits per heavy atom. The minimum Gasteiger partial charge on any atom is -0.512 e. The van der Waals surface area contributed by atoms with Gasteiger partial charge in [-0.15, -0.1) is 0 Å². The molecule has 2 aromatic rings. The number of hydrogen-bond acceptors (Lipinski definition) is 7. The van der Waals surface area contributed by atoms with Gasteiger partial charge < -0.3 is 14.6 Å². The Morgan fingerprint density at radius 1 is 1.03 bits per heavy atom. The normalized spacial score (nSPS) is 25.0. The zero-order valence-electron chi connectivity index (χ0n) is 22.1. The van der Waals surface area contributed by atoms with Crippen molar-refractivity contribution in [2.24, 2.45) is 0 Å². The molecule has 2 atom stereocenters. The minimum absolute atomic E-state index is 0.0115. The third-order valence-electron chi connectivity index (χ3n) is 7.76. The summed E-state index contributed by atoms with van der Waals surface area (Å²) in [6.45, 7) is 7.09. The zero-order chi connectivity index (χ0) is 27.7. The molecule has 1 fully saturated rings. The van der Waals surface area contributed by atoms with Crippen molar-refractivity contribution in [3.8, 4) is 0 Å². The predicted octanol–water partition coefficient (Wildman–Crippen LogP) is 4.56. The van der Waals surface area contributed by atoms with E-state index >= 15 is 0 Å². The van der Waals surface area contributed by atoms with Gasteiger partial charge in [0.05, 0.1) is 28.7 Å². The van der Waals surface area contributed by atoms with Crippen molar-refractivity contribution in [2.45, 2.75) is 68.5 Å². The molecule has 2 aliphatic heterocycles. The Bertz CT molecular complexity index is 1460. The van der Waals surface area contributed by atoms with Crippen LogP contribution < -0.4 is 4.90 Å². The quantitative estimate of drug-likeness (QED) is 0.568. The number of aliphatic hydroxyl groups excluding tert-OH is 1. The van der Waals surface area contributed by atoms with Crippen molar-refractivity contribution >= 4 is 27.8 Å². The molecule has 0 bridgehead atoms. The molecule has 202 valence electrons. The molecule has 10 heteroatoms. The average molecular weight is 541 g/mol. The van der Waals surface area contributed by atoms with Crippen LogP contribution in [0.4, 0.5) is 10.5 Å². The number of para-hydroxylation sites is 1. The van der Waals surface area contributed by atoms with Gasteiger partial charge in [0.2, 0.25) is 10.0 Å². The molecule has 0 radical (unpaired) electrons. The van der Waals surface area contributed by atoms with E-state index in [1.54, 1.807) is 69.3 Å². The number of fused-ring (bicyclic) bond motifs is 1. The molecule has 0 saturated carbocycles. The average Bonchev–Trinajstić information content (AvgIpc) is 3.32. The number of anilines is 1. The number of carbonyl (C=O) groups excluding carboxylic acids is 2. The first-order valence-electron chi connectivity index (χ1n) is 12.5. The lowest BCUT2D eigenvalue weighted by atomic mass is 9.62. The molecule has 9 nitrogen and oxygen atoms in total. The molecule has 2 heterocycles. The smallest absolute Gasteiger partial charge is 0.416 e. The number of carbonyl (C=O) groups is 2. The van der Waals surface area contributed by atoms with Crippen LogP contribution in [-0.2, 0) is 29.7 Å². The molecule has 1 aliphatic carbocycles. The summed E-state index contributed by atoms with van der Waals surface area (Å²) >= 11 is 0. The number of ether oxygens (including phenoxy) is 2. The number of methoxy groups -OCH3 is 1. The van der Waals surface area contributed by atoms with Crippen molar-refractivity contribution in [3.05, 3.63) is 71.0 Å². The Hall–Kier alpha value is -3.37. The number of nitrogens with zero attached hydrogens (tertiary/aromatic N) is 2. The van der Waals surface area contributed by atoms with Crippen LogP contribution in [0.3, 0.4) is 0 Å². The third kappa shape index (κ3) is 3.42. The zero-order valence-corrected chi connectivity index (χ0v) is 23.0. The van der Waals surface area contributed by atoms with Crippen LogP contribution in [-0.4, -0.2) is 54.8 Å². The highest BCUT2D eigenvalue weighted by Crippen LogP contribution is 2.67. The van der Waals surface area contributed by atoms with E-state index in [0.717, 1.165) is 5.56 Å². The van der Waals surface area contributed by atoms with Gasteiger partial charge in [0.1, 0.15) is 17.0 Å². The van der Waals surface area contributed by atoms with Gasteiger partial charge in [-0.1, -0.05) is 35.9 Å². The van der Waals surface area contributed by atoms with Crippen molar-refractivity contribution in [1.29, 1.82) is 0 Å². The first kappa shape index (κ1) is 26.2. The topological polar surface area (TPSA) is 113 Å². The van der Waals surface area contributed by atoms with Gasteiger partial charge in [-0.05, 0) is 64.3 Å². The number of amides is 1. The summed E-state index contributed by atoms with van der Waals surface area (Å²) in [6.07, 6.45) is -0.552. The van der Waals surface area contributed by atoms with Crippen LogP contribution >= 0.6 is 0 Å². The highest BCUT2D eigenvalue weighted by atomic mass is 32.2. The van der Waals surface area contributed by atoms with Crippen molar-refractivity contribution in [3.63, 3.8) is 0 Å². The van der Waals surface area contributed by atoms with E-state index in [4.69, 9.17) is 9.47 Å². The van der Waals surface area contributed by atoms with Crippen LogP contribution in [0.15, 0.2) is 64.8 Å². The molecular weight excluding hydrogens is 508 g/mol. The molecule has 3 aliphatic rings. The second-order valence-corrected chi connectivity index (χ2v) is 12.9. The number of hydrogen-bond donors (Lipinski definition) is 1. The number of aliphatic hydroxyl groups is 1. The maximum Gasteiger partial charge on any atom is 0.416 e. The van der Waals surface area contributed by atoms with Gasteiger partial charge in [0.15, 0.2) is 0 Å². The number of esters is 1. The SMILES string of the molecule is COC(=O)C1=C(O)CC[C@@]23N(C(=O)OC(C)(C)C)c4ccccc4[C@@]12CCN3S(=O)(=O)c1ccc(C)cc1. The highest BCUT2D eigenvalue weighted by Gasteiger charge is 2.76. The van der Waals surface area contributed by atoms with Gasteiger partial charge in [0, 0.05) is 13.0 Å². The minimum atomic E-state index is -4.17. The highest BCUT2D eigenvalue weighted by molar-refractivity contribution is 7.89. The largest absolute Gasteiger partial charge is 0.512 e. The summed E-state index contributed by atoms with van der Waals surface area (Å²) < 4.78 is 40.9. The summed E-state index contributed by atoms with van der Waals surface area (Å²) in [4.78, 5) is 28.7. The lowest BCUT2D eigenvalue weighted by Crippen LogP contribution is -2.68. The number of rotatable bonds is 3. The molecule has 0 aromatic heterocycles. The fourth-order valence-electron chi connectivity index (χ4n) is 6.43. The molecule has 0 unspecified atom stereocenters. The summed E-state index contributed by atoms with van der Waals surface area (Å²) in [5.41, 5.74) is -1.94. The van der Waals surface area contributed by atoms with Gasteiger partial charge in [0.25, 0.3) is 0 Å². The summed E-state index contributed by atoms with van der Waals surface area (Å²) in [5.74, 6) is -0.926. The van der Waals surface area contributed by atoms with Gasteiger partial charge >= 0.3 is 12.1 Å². The monoisotopic (exact) mass is 540 g/mol. The number of benzene rings is 2. The number of sulfonamides is 1. The van der Waals surface area contributed by atoms with Crippen LogP contribution in [0, 0.1) is 6.92 Å². The molecule has 0 spiro atoms. The summed E-state index contributed by atoms with van der Waals surface area (Å²) in [6, 6.07) is 13.5. The Morgan fingerprint density at radius 3 is 2.32 bits per heavy atom. The fourth-order valence-corrected chi connectivity index (χ4v) is 8.22. The van der Waals surface area contributed by atoms with E-state index in [1.165, 1.54) is 16.3 Å². The van der Waals surface area contributed by atoms with Crippen molar-refractivity contribution < 1.29 is 32.6 Å². The van der Waals surface area contributed by atoms with E-state index < -0.39 is 38.8 Å². The Kier molecular flexibility index (Phi) is 5.92. The fraction of sp³-hybridized carbons (Fsp3) is 0.429. The summed E-state index contributed by atoms with van der Waals surface area (Å²) in [5, 5.41) is 11.1. The number of allylic oxidation sites excluding steroid dienone is 1. The van der Waals surface area contributed by atoms with E-state index in [0.29, 0.717) is 11.3 Å². The van der Waals surface area contributed by atoms with Gasteiger partial charge in [-0.25, -0.2) is 18.0 Å². The van der Waals surface area contributed by atoms with Crippen LogP contribution in [0.25, 0.3) is 0 Å². The molecule has 2 aromatic carbocycles. The first-order chi connectivity index (χ1) is 17.8. The standard InChI is InChI=1S/C28H32N2O7S/c1-18-10-12-19(13-11-18)38(34,35)29-17-16-27-20-8-6-7-9-21(20)30(25(33)37-26(2,3)4)28(27,29)15-14-22(31)23(27)24(32)36-5/h6-13,31H,14-17H2,1-5H3/t27-,28+/m0/s1. The van der Waals surface area contributed by atoms with Crippen LogP contribution in [0.2, 0.25) is 0 Å². The van der Waals surface area contributed by atoms with E-state index in [9.17, 15) is 23.1 Å². The van der Waals surface area contributed by atoms with Gasteiger partial charge in [-0.2, -0.15) is 4.31 Å². The van der Waals surface area contributed by atoms with E-state index in [2.05, 4.69) is 0 Å². The van der Waals surface area contributed by atoms with E-state index in [1.807, 2.05) is 6.92 Å². The lowest BCUT2D eigenvalue weighted by Gasteiger charge is -2.51. The lowest BCUT2D eigenvalue weighted by molar-refractivity contribution is -0.138. The van der Waals surface area contributed by atoms with Crippen LogP contribution in [0.5, 0.6) is 0 Å². The molecule has 5 rings (SSSR count). The second kappa shape index (κ2) is 8.57. The maximum absolute atomic E-state index is 14.3. The molecular formula is C28H32N2O7S. The third-order valence-corrected chi connectivity index (χ3v) is 9.69. The molecule has 1 saturated heterocycles. The molecule has 1 N–H and O–H groups in total. The summed E-state index contributed by atoms with van der Waals surface area (Å²) in [7, 11) is -2.95. The van der Waals surface area contributed by atoms with Crippen LogP contribution in [0.1, 0.15) is 51.2 Å².